The number of rotatable bonds is 7. The standard InChI is InChI=1S/C10H20N4/c1-3-4-5-6-7-10(2)12-14-9-8-11-13-14/h8-10,12H,3-7H2,1-2H3. The first-order valence-electron chi connectivity index (χ1n) is 5.45. The van der Waals surface area contributed by atoms with Crippen LogP contribution in [0.25, 0.3) is 0 Å². The van der Waals surface area contributed by atoms with Crippen LogP contribution in [0.1, 0.15) is 46.0 Å². The van der Waals surface area contributed by atoms with Gasteiger partial charge in [0.25, 0.3) is 0 Å². The van der Waals surface area contributed by atoms with Gasteiger partial charge in [-0.2, -0.15) is 4.79 Å². The Bertz CT molecular complexity index is 220. The SMILES string of the molecule is CCCCCCC(C)Nn1ccnn1. The van der Waals surface area contributed by atoms with Crippen LogP contribution in [0.15, 0.2) is 12.4 Å². The summed E-state index contributed by atoms with van der Waals surface area (Å²) in [5.41, 5.74) is 3.24. The molecule has 0 bridgehead atoms. The van der Waals surface area contributed by atoms with E-state index in [4.69, 9.17) is 0 Å². The summed E-state index contributed by atoms with van der Waals surface area (Å²) in [6.45, 7) is 4.41. The first-order chi connectivity index (χ1) is 6.83. The predicted octanol–water partition coefficient (Wildman–Crippen LogP) is 2.18. The minimum Gasteiger partial charge on any atom is -0.306 e. The Kier molecular flexibility index (Phi) is 5.04. The average molecular weight is 196 g/mol. The molecule has 1 aromatic rings. The zero-order chi connectivity index (χ0) is 10.2. The van der Waals surface area contributed by atoms with Crippen molar-refractivity contribution in [3.8, 4) is 0 Å². The lowest BCUT2D eigenvalue weighted by atomic mass is 10.1. The lowest BCUT2D eigenvalue weighted by molar-refractivity contribution is 0.541. The van der Waals surface area contributed by atoms with Crippen LogP contribution >= 0.6 is 0 Å². The first kappa shape index (κ1) is 11.0. The Morgan fingerprint density at radius 3 is 2.86 bits per heavy atom. The van der Waals surface area contributed by atoms with E-state index < -0.39 is 0 Å². The number of unbranched alkanes of at least 4 members (excludes halogenated alkanes) is 3. The molecule has 0 aliphatic carbocycles. The van der Waals surface area contributed by atoms with Crippen LogP contribution in [0, 0.1) is 0 Å². The van der Waals surface area contributed by atoms with E-state index in [1.807, 2.05) is 6.20 Å². The molecule has 1 rings (SSSR count). The Balaban J connectivity index is 2.07. The summed E-state index contributed by atoms with van der Waals surface area (Å²) in [6, 6.07) is 0.466. The van der Waals surface area contributed by atoms with Crippen LogP contribution < -0.4 is 5.43 Å². The molecule has 1 aromatic heterocycles. The third-order valence-corrected chi connectivity index (χ3v) is 2.27. The molecule has 0 aliphatic heterocycles. The lowest BCUT2D eigenvalue weighted by Crippen LogP contribution is -2.25. The van der Waals surface area contributed by atoms with Gasteiger partial charge >= 0.3 is 0 Å². The van der Waals surface area contributed by atoms with Gasteiger partial charge in [0, 0.05) is 6.04 Å². The summed E-state index contributed by atoms with van der Waals surface area (Å²) >= 11 is 0. The van der Waals surface area contributed by atoms with E-state index in [1.165, 1.54) is 32.1 Å². The Morgan fingerprint density at radius 2 is 2.21 bits per heavy atom. The van der Waals surface area contributed by atoms with Crippen LogP contribution in [0.4, 0.5) is 0 Å². The van der Waals surface area contributed by atoms with Crippen molar-refractivity contribution in [2.75, 3.05) is 5.43 Å². The van der Waals surface area contributed by atoms with Crippen molar-refractivity contribution in [2.24, 2.45) is 0 Å². The van der Waals surface area contributed by atoms with Crippen molar-refractivity contribution in [2.45, 2.75) is 52.0 Å². The molecular formula is C10H20N4. The van der Waals surface area contributed by atoms with E-state index in [2.05, 4.69) is 29.6 Å². The highest BCUT2D eigenvalue weighted by Gasteiger charge is 2.00. The molecule has 1 heterocycles. The molecule has 0 aromatic carbocycles. The number of aromatic nitrogens is 3. The molecule has 0 fully saturated rings. The van der Waals surface area contributed by atoms with Gasteiger partial charge in [-0.25, -0.2) is 0 Å². The molecule has 1 N–H and O–H groups in total. The minimum absolute atomic E-state index is 0.466. The van der Waals surface area contributed by atoms with Crippen molar-refractivity contribution in [1.29, 1.82) is 0 Å². The van der Waals surface area contributed by atoms with Crippen LogP contribution in [-0.2, 0) is 0 Å². The molecule has 0 saturated carbocycles. The Hall–Kier alpha value is -1.06. The average Bonchev–Trinajstić information content (AvgIpc) is 2.65. The van der Waals surface area contributed by atoms with Crippen LogP contribution in [0.2, 0.25) is 0 Å². The second kappa shape index (κ2) is 6.40. The highest BCUT2D eigenvalue weighted by atomic mass is 15.6. The molecule has 80 valence electrons. The zero-order valence-electron chi connectivity index (χ0n) is 9.11. The third kappa shape index (κ3) is 4.25. The maximum atomic E-state index is 3.86. The van der Waals surface area contributed by atoms with Gasteiger partial charge < -0.3 is 5.43 Å². The van der Waals surface area contributed by atoms with E-state index >= 15 is 0 Å². The number of nitrogens with one attached hydrogen (secondary N) is 1. The van der Waals surface area contributed by atoms with Gasteiger partial charge in [-0.05, 0) is 18.6 Å². The van der Waals surface area contributed by atoms with Gasteiger partial charge in [-0.1, -0.05) is 32.6 Å². The van der Waals surface area contributed by atoms with E-state index in [1.54, 1.807) is 11.0 Å². The maximum Gasteiger partial charge on any atom is 0.0715 e. The molecule has 4 heteroatoms. The quantitative estimate of drug-likeness (QED) is 0.680. The Labute approximate surface area is 85.7 Å². The van der Waals surface area contributed by atoms with Gasteiger partial charge in [0.1, 0.15) is 0 Å². The topological polar surface area (TPSA) is 42.7 Å². The number of hydrogen-bond donors (Lipinski definition) is 1. The summed E-state index contributed by atoms with van der Waals surface area (Å²) < 4.78 is 0. The minimum atomic E-state index is 0.466. The molecule has 0 radical (unpaired) electrons. The van der Waals surface area contributed by atoms with Gasteiger partial charge in [0.15, 0.2) is 0 Å². The molecule has 0 aliphatic rings. The molecular weight excluding hydrogens is 176 g/mol. The van der Waals surface area contributed by atoms with E-state index in [0.717, 1.165) is 0 Å². The normalized spacial score (nSPS) is 12.7. The molecule has 0 spiro atoms. The number of hydrogen-bond acceptors (Lipinski definition) is 3. The monoisotopic (exact) mass is 196 g/mol. The maximum absolute atomic E-state index is 3.86. The van der Waals surface area contributed by atoms with Gasteiger partial charge in [-0.3, -0.25) is 0 Å². The van der Waals surface area contributed by atoms with Crippen molar-refractivity contribution in [3.05, 3.63) is 12.4 Å². The third-order valence-electron chi connectivity index (χ3n) is 2.27. The van der Waals surface area contributed by atoms with E-state index in [9.17, 15) is 0 Å². The number of nitrogens with zero attached hydrogens (tertiary/aromatic N) is 3. The van der Waals surface area contributed by atoms with E-state index in [-0.39, 0.29) is 0 Å². The molecule has 1 atom stereocenters. The summed E-state index contributed by atoms with van der Waals surface area (Å²) in [6.07, 6.45) is 9.96. The van der Waals surface area contributed by atoms with Crippen molar-refractivity contribution in [3.63, 3.8) is 0 Å². The Morgan fingerprint density at radius 1 is 1.36 bits per heavy atom. The molecule has 0 amide bonds. The molecule has 0 saturated heterocycles. The fourth-order valence-electron chi connectivity index (χ4n) is 1.44. The zero-order valence-corrected chi connectivity index (χ0v) is 9.11. The van der Waals surface area contributed by atoms with Crippen LogP contribution in [0.3, 0.4) is 0 Å². The highest BCUT2D eigenvalue weighted by molar-refractivity contribution is 4.77. The molecule has 1 unspecified atom stereocenters. The predicted molar refractivity (Wildman–Crippen MR) is 57.6 cm³/mol. The second-order valence-corrected chi connectivity index (χ2v) is 3.73. The summed E-state index contributed by atoms with van der Waals surface area (Å²) in [4.78, 5) is 1.67. The lowest BCUT2D eigenvalue weighted by Gasteiger charge is -2.13. The fraction of sp³-hybridized carbons (Fsp3) is 0.800. The van der Waals surface area contributed by atoms with Gasteiger partial charge in [0.2, 0.25) is 0 Å². The van der Waals surface area contributed by atoms with Crippen molar-refractivity contribution in [1.82, 2.24) is 15.1 Å². The molecule has 14 heavy (non-hydrogen) atoms. The van der Waals surface area contributed by atoms with E-state index in [0.29, 0.717) is 6.04 Å². The van der Waals surface area contributed by atoms with Gasteiger partial charge in [-0.15, -0.1) is 5.10 Å². The summed E-state index contributed by atoms with van der Waals surface area (Å²) in [5.74, 6) is 0. The van der Waals surface area contributed by atoms with Crippen LogP contribution in [-0.4, -0.2) is 21.1 Å². The van der Waals surface area contributed by atoms with Gasteiger partial charge in [0.05, 0.1) is 12.4 Å². The smallest absolute Gasteiger partial charge is 0.0715 e. The largest absolute Gasteiger partial charge is 0.306 e. The summed E-state index contributed by atoms with van der Waals surface area (Å²) in [5, 5.41) is 7.59. The summed E-state index contributed by atoms with van der Waals surface area (Å²) in [7, 11) is 0. The highest BCUT2D eigenvalue weighted by Crippen LogP contribution is 2.05. The fourth-order valence-corrected chi connectivity index (χ4v) is 1.44. The second-order valence-electron chi connectivity index (χ2n) is 3.73. The molecule has 4 nitrogen and oxygen atoms in total. The van der Waals surface area contributed by atoms with Crippen LogP contribution in [0.5, 0.6) is 0 Å². The first-order valence-corrected chi connectivity index (χ1v) is 5.45. The van der Waals surface area contributed by atoms with Crippen molar-refractivity contribution >= 4 is 0 Å². The van der Waals surface area contributed by atoms with Crippen molar-refractivity contribution < 1.29 is 0 Å².